The fraction of sp³-hybridized carbons (Fsp3) is 0.400. The maximum atomic E-state index is 12.6. The van der Waals surface area contributed by atoms with Gasteiger partial charge in [-0.05, 0) is 25.5 Å². The lowest BCUT2D eigenvalue weighted by molar-refractivity contribution is -0.0882. The second-order valence-electron chi connectivity index (χ2n) is 3.53. The zero-order chi connectivity index (χ0) is 11.8. The van der Waals surface area contributed by atoms with Gasteiger partial charge in [-0.15, -0.1) is 0 Å². The number of halogens is 4. The molecule has 1 aromatic carbocycles. The van der Waals surface area contributed by atoms with Crippen LogP contribution in [-0.4, -0.2) is 11.5 Å². The first kappa shape index (κ1) is 12.9. The van der Waals surface area contributed by atoms with Crippen molar-refractivity contribution >= 4 is 27.5 Å². The van der Waals surface area contributed by atoms with Gasteiger partial charge < -0.3 is 5.11 Å². The Labute approximate surface area is 100 Å². The van der Waals surface area contributed by atoms with Gasteiger partial charge in [-0.3, -0.25) is 0 Å². The van der Waals surface area contributed by atoms with Gasteiger partial charge in [-0.25, -0.2) is 8.78 Å². The van der Waals surface area contributed by atoms with E-state index in [9.17, 15) is 13.9 Å². The number of benzene rings is 1. The second-order valence-corrected chi connectivity index (χ2v) is 4.79. The lowest BCUT2D eigenvalue weighted by Crippen LogP contribution is -2.30. The number of hydrogen-bond acceptors (Lipinski definition) is 1. The molecule has 0 fully saturated rings. The molecular weight excluding hydrogens is 289 g/mol. The molecular formula is C10H10BrClF2O. The Bertz CT molecular complexity index is 380. The molecule has 1 aromatic rings. The zero-order valence-corrected chi connectivity index (χ0v) is 10.5. The van der Waals surface area contributed by atoms with Crippen molar-refractivity contribution in [3.63, 3.8) is 0 Å². The fourth-order valence-electron chi connectivity index (χ4n) is 1.16. The topological polar surface area (TPSA) is 20.2 Å². The number of alkyl halides is 2. The number of aliphatic hydroxyl groups is 1. The van der Waals surface area contributed by atoms with Gasteiger partial charge >= 0.3 is 0 Å². The van der Waals surface area contributed by atoms with Crippen LogP contribution in [-0.2, 0) is 5.60 Å². The van der Waals surface area contributed by atoms with E-state index in [0.29, 0.717) is 0 Å². The lowest BCUT2D eigenvalue weighted by atomic mass is 9.95. The molecule has 0 bridgehead atoms. The summed E-state index contributed by atoms with van der Waals surface area (Å²) in [7, 11) is 0. The van der Waals surface area contributed by atoms with E-state index >= 15 is 0 Å². The standard InChI is InChI=1S/C10H10BrClF2O/c1-5-3-6(8(12)4-7(5)11)10(2,15)9(13)14/h3-4,9,15H,1-2H3. The molecule has 0 aliphatic heterocycles. The van der Waals surface area contributed by atoms with Gasteiger partial charge in [0.1, 0.15) is 5.60 Å². The Kier molecular flexibility index (Phi) is 3.74. The number of aryl methyl sites for hydroxylation is 1. The maximum Gasteiger partial charge on any atom is 0.270 e. The predicted molar refractivity (Wildman–Crippen MR) is 59.5 cm³/mol. The molecule has 5 heteroatoms. The van der Waals surface area contributed by atoms with E-state index in [2.05, 4.69) is 15.9 Å². The third-order valence-corrected chi connectivity index (χ3v) is 3.39. The summed E-state index contributed by atoms with van der Waals surface area (Å²) in [5.74, 6) is 0. The average Bonchev–Trinajstić information content (AvgIpc) is 2.10. The minimum atomic E-state index is -2.88. The third kappa shape index (κ3) is 2.49. The number of hydrogen-bond donors (Lipinski definition) is 1. The van der Waals surface area contributed by atoms with Crippen LogP contribution in [0.2, 0.25) is 5.02 Å². The average molecular weight is 300 g/mol. The van der Waals surface area contributed by atoms with Gasteiger partial charge in [0.15, 0.2) is 0 Å². The molecule has 1 unspecified atom stereocenters. The largest absolute Gasteiger partial charge is 0.379 e. The molecule has 84 valence electrons. The summed E-state index contributed by atoms with van der Waals surface area (Å²) in [6, 6.07) is 2.96. The van der Waals surface area contributed by atoms with Crippen molar-refractivity contribution in [2.24, 2.45) is 0 Å². The Hall–Kier alpha value is -0.190. The summed E-state index contributed by atoms with van der Waals surface area (Å²) in [6.45, 7) is 2.79. The van der Waals surface area contributed by atoms with E-state index in [0.717, 1.165) is 17.0 Å². The van der Waals surface area contributed by atoms with Gasteiger partial charge in [-0.2, -0.15) is 0 Å². The number of rotatable bonds is 2. The molecule has 0 radical (unpaired) electrons. The first-order valence-electron chi connectivity index (χ1n) is 4.23. The second kappa shape index (κ2) is 4.36. The van der Waals surface area contributed by atoms with Crippen LogP contribution in [0.4, 0.5) is 8.78 Å². The molecule has 0 aromatic heterocycles. The van der Waals surface area contributed by atoms with E-state index in [1.54, 1.807) is 6.92 Å². The summed E-state index contributed by atoms with van der Waals surface area (Å²) in [4.78, 5) is 0. The molecule has 0 aliphatic carbocycles. The van der Waals surface area contributed by atoms with Gasteiger partial charge in [-0.1, -0.05) is 33.6 Å². The van der Waals surface area contributed by atoms with E-state index in [1.807, 2.05) is 0 Å². The van der Waals surface area contributed by atoms with E-state index < -0.39 is 12.0 Å². The fourth-order valence-corrected chi connectivity index (χ4v) is 1.99. The van der Waals surface area contributed by atoms with E-state index in [1.165, 1.54) is 12.1 Å². The molecule has 0 saturated heterocycles. The predicted octanol–water partition coefficient (Wildman–Crippen LogP) is 3.88. The highest BCUT2D eigenvalue weighted by molar-refractivity contribution is 9.10. The summed E-state index contributed by atoms with van der Waals surface area (Å²) >= 11 is 9.04. The quantitative estimate of drug-likeness (QED) is 0.878. The van der Waals surface area contributed by atoms with Gasteiger partial charge in [0.25, 0.3) is 6.43 Å². The Morgan fingerprint density at radius 2 is 2.00 bits per heavy atom. The molecule has 0 spiro atoms. The van der Waals surface area contributed by atoms with E-state index in [4.69, 9.17) is 11.6 Å². The van der Waals surface area contributed by atoms with Crippen LogP contribution in [0, 0.1) is 6.92 Å². The van der Waals surface area contributed by atoms with Crippen LogP contribution in [0.1, 0.15) is 18.1 Å². The summed E-state index contributed by atoms with van der Waals surface area (Å²) in [5.41, 5.74) is -1.43. The van der Waals surface area contributed by atoms with Crippen LogP contribution in [0.3, 0.4) is 0 Å². The highest BCUT2D eigenvalue weighted by Crippen LogP contribution is 2.35. The summed E-state index contributed by atoms with van der Waals surface area (Å²) in [5, 5.41) is 9.73. The first-order chi connectivity index (χ1) is 6.76. The lowest BCUT2D eigenvalue weighted by Gasteiger charge is -2.24. The molecule has 15 heavy (non-hydrogen) atoms. The van der Waals surface area contributed by atoms with Crippen molar-refractivity contribution in [3.8, 4) is 0 Å². The third-order valence-electron chi connectivity index (χ3n) is 2.22. The van der Waals surface area contributed by atoms with Crippen LogP contribution in [0.15, 0.2) is 16.6 Å². The van der Waals surface area contributed by atoms with Crippen LogP contribution >= 0.6 is 27.5 Å². The summed E-state index contributed by atoms with van der Waals surface area (Å²) in [6.07, 6.45) is -2.88. The normalized spacial score (nSPS) is 15.5. The SMILES string of the molecule is Cc1cc(C(C)(O)C(F)F)c(Cl)cc1Br. The molecule has 0 amide bonds. The highest BCUT2D eigenvalue weighted by atomic mass is 79.9. The maximum absolute atomic E-state index is 12.6. The highest BCUT2D eigenvalue weighted by Gasteiger charge is 2.36. The van der Waals surface area contributed by atoms with Gasteiger partial charge in [0.2, 0.25) is 0 Å². The minimum Gasteiger partial charge on any atom is -0.379 e. The molecule has 1 N–H and O–H groups in total. The monoisotopic (exact) mass is 298 g/mol. The van der Waals surface area contributed by atoms with Crippen molar-refractivity contribution in [1.82, 2.24) is 0 Å². The Balaban J connectivity index is 3.32. The molecule has 0 heterocycles. The van der Waals surface area contributed by atoms with E-state index in [-0.39, 0.29) is 10.6 Å². The van der Waals surface area contributed by atoms with Crippen LogP contribution < -0.4 is 0 Å². The van der Waals surface area contributed by atoms with Gasteiger partial charge in [0.05, 0.1) is 0 Å². The van der Waals surface area contributed by atoms with Crippen molar-refractivity contribution in [3.05, 3.63) is 32.8 Å². The molecule has 0 saturated carbocycles. The Morgan fingerprint density at radius 1 is 1.47 bits per heavy atom. The first-order valence-corrected chi connectivity index (χ1v) is 5.40. The van der Waals surface area contributed by atoms with Crippen molar-refractivity contribution in [2.75, 3.05) is 0 Å². The minimum absolute atomic E-state index is 0.0415. The summed E-state index contributed by atoms with van der Waals surface area (Å²) < 4.78 is 25.9. The molecule has 1 rings (SSSR count). The van der Waals surface area contributed by atoms with Crippen LogP contribution in [0.5, 0.6) is 0 Å². The molecule has 1 atom stereocenters. The van der Waals surface area contributed by atoms with Crippen LogP contribution in [0.25, 0.3) is 0 Å². The smallest absolute Gasteiger partial charge is 0.270 e. The van der Waals surface area contributed by atoms with Gasteiger partial charge in [0, 0.05) is 15.1 Å². The van der Waals surface area contributed by atoms with Crippen molar-refractivity contribution < 1.29 is 13.9 Å². The molecule has 1 nitrogen and oxygen atoms in total. The Morgan fingerprint density at radius 3 is 2.47 bits per heavy atom. The molecule has 0 aliphatic rings. The van der Waals surface area contributed by atoms with Crippen molar-refractivity contribution in [1.29, 1.82) is 0 Å². The van der Waals surface area contributed by atoms with Crippen molar-refractivity contribution in [2.45, 2.75) is 25.9 Å². The zero-order valence-electron chi connectivity index (χ0n) is 8.19.